The van der Waals surface area contributed by atoms with Crippen molar-refractivity contribution in [3.63, 3.8) is 0 Å². The summed E-state index contributed by atoms with van der Waals surface area (Å²) in [4.78, 5) is 14.1. The first kappa shape index (κ1) is 13.1. The van der Waals surface area contributed by atoms with Crippen LogP contribution in [0, 0.1) is 6.92 Å². The fourth-order valence-electron chi connectivity index (χ4n) is 1.71. The highest BCUT2D eigenvalue weighted by Gasteiger charge is 2.11. The summed E-state index contributed by atoms with van der Waals surface area (Å²) >= 11 is 7.35. The molecule has 2 rings (SSSR count). The summed E-state index contributed by atoms with van der Waals surface area (Å²) in [5.74, 6) is -0.0647. The fraction of sp³-hybridized carbons (Fsp3) is 0.214. The zero-order valence-corrected chi connectivity index (χ0v) is 11.9. The van der Waals surface area contributed by atoms with E-state index >= 15 is 0 Å². The Hall–Kier alpha value is -1.32. The van der Waals surface area contributed by atoms with Crippen LogP contribution in [0.5, 0.6) is 0 Å². The number of rotatable bonds is 3. The second-order valence-electron chi connectivity index (χ2n) is 4.03. The van der Waals surface area contributed by atoms with Crippen LogP contribution in [0.2, 0.25) is 5.02 Å². The number of nitrogens with one attached hydrogen (secondary N) is 1. The van der Waals surface area contributed by atoms with Gasteiger partial charge in [0.25, 0.3) is 5.91 Å². The van der Waals surface area contributed by atoms with Crippen LogP contribution in [0.4, 0.5) is 5.69 Å². The number of hydrogen-bond acceptors (Lipinski definition) is 2. The van der Waals surface area contributed by atoms with Gasteiger partial charge in [0.15, 0.2) is 0 Å². The van der Waals surface area contributed by atoms with Crippen molar-refractivity contribution in [3.05, 3.63) is 50.7 Å². The summed E-state index contributed by atoms with van der Waals surface area (Å²) in [6, 6.07) is 9.04. The lowest BCUT2D eigenvalue weighted by Gasteiger charge is -2.03. The fourth-order valence-corrected chi connectivity index (χ4v) is 2.84. The molecule has 4 heteroatoms. The summed E-state index contributed by atoms with van der Waals surface area (Å²) in [6.07, 6.45) is 0.963. The van der Waals surface area contributed by atoms with Crippen LogP contribution in [0.1, 0.15) is 27.0 Å². The number of anilines is 1. The third kappa shape index (κ3) is 2.92. The number of aryl methyl sites for hydroxylation is 2. The van der Waals surface area contributed by atoms with Crippen LogP contribution in [0.3, 0.4) is 0 Å². The Kier molecular flexibility index (Phi) is 4.04. The van der Waals surface area contributed by atoms with Crippen molar-refractivity contribution in [2.45, 2.75) is 20.3 Å². The van der Waals surface area contributed by atoms with Gasteiger partial charge in [0.1, 0.15) is 0 Å². The molecule has 0 fully saturated rings. The minimum atomic E-state index is -0.0647. The topological polar surface area (TPSA) is 29.1 Å². The summed E-state index contributed by atoms with van der Waals surface area (Å²) < 4.78 is 0. The molecule has 0 spiro atoms. The molecule has 0 aliphatic rings. The molecule has 0 unspecified atom stereocenters. The van der Waals surface area contributed by atoms with E-state index in [9.17, 15) is 4.79 Å². The van der Waals surface area contributed by atoms with Crippen LogP contribution < -0.4 is 5.32 Å². The first-order chi connectivity index (χ1) is 8.60. The highest BCUT2D eigenvalue weighted by atomic mass is 35.5. The normalized spacial score (nSPS) is 10.4. The Morgan fingerprint density at radius 2 is 2.00 bits per heavy atom. The number of thiophene rings is 1. The van der Waals surface area contributed by atoms with E-state index in [1.54, 1.807) is 35.6 Å². The minimum absolute atomic E-state index is 0.0647. The van der Waals surface area contributed by atoms with Gasteiger partial charge in [0, 0.05) is 15.6 Å². The van der Waals surface area contributed by atoms with Crippen LogP contribution in [-0.4, -0.2) is 5.91 Å². The van der Waals surface area contributed by atoms with E-state index in [0.29, 0.717) is 5.02 Å². The quantitative estimate of drug-likeness (QED) is 0.879. The van der Waals surface area contributed by atoms with E-state index in [0.717, 1.165) is 17.0 Å². The molecule has 0 saturated carbocycles. The lowest BCUT2D eigenvalue weighted by Crippen LogP contribution is -2.09. The number of amides is 1. The zero-order valence-electron chi connectivity index (χ0n) is 10.3. The molecule has 0 radical (unpaired) electrons. The van der Waals surface area contributed by atoms with Gasteiger partial charge >= 0.3 is 0 Å². The molecule has 1 aromatic heterocycles. The monoisotopic (exact) mass is 279 g/mol. The molecule has 1 aromatic carbocycles. The Bertz CT molecular complexity index is 560. The molecule has 1 amide bonds. The molecule has 94 valence electrons. The number of carbonyl (C=O) groups is 1. The third-order valence-electron chi connectivity index (χ3n) is 2.67. The molecule has 0 saturated heterocycles. The summed E-state index contributed by atoms with van der Waals surface area (Å²) in [5, 5.41) is 3.52. The molecule has 0 aliphatic carbocycles. The minimum Gasteiger partial charge on any atom is -0.321 e. The highest BCUT2D eigenvalue weighted by Crippen LogP contribution is 2.23. The van der Waals surface area contributed by atoms with Gasteiger partial charge in [-0.25, -0.2) is 0 Å². The van der Waals surface area contributed by atoms with E-state index in [2.05, 4.69) is 12.2 Å². The second-order valence-corrected chi connectivity index (χ2v) is 5.60. The first-order valence-corrected chi connectivity index (χ1v) is 6.96. The average molecular weight is 280 g/mol. The predicted octanol–water partition coefficient (Wildman–Crippen LogP) is 4.52. The number of carbonyl (C=O) groups excluding carboxylic acids is 1. The average Bonchev–Trinajstić information content (AvgIpc) is 2.73. The van der Waals surface area contributed by atoms with Gasteiger partial charge in [0.05, 0.1) is 4.88 Å². The summed E-state index contributed by atoms with van der Waals surface area (Å²) in [7, 11) is 0. The van der Waals surface area contributed by atoms with E-state index in [1.165, 1.54) is 10.4 Å². The molecule has 0 aliphatic heterocycles. The van der Waals surface area contributed by atoms with Crippen LogP contribution in [-0.2, 0) is 6.42 Å². The standard InChI is InChI=1S/C14H14ClNOS/c1-3-12-9(2)8-13(18-12)14(17)16-11-6-4-10(15)5-7-11/h4-8H,3H2,1-2H3,(H,16,17). The van der Waals surface area contributed by atoms with Crippen molar-refractivity contribution >= 4 is 34.5 Å². The molecule has 2 aromatic rings. The van der Waals surface area contributed by atoms with Crippen LogP contribution in [0.15, 0.2) is 30.3 Å². The van der Waals surface area contributed by atoms with Gasteiger partial charge in [-0.2, -0.15) is 0 Å². The molecular formula is C14H14ClNOS. The van der Waals surface area contributed by atoms with E-state index in [1.807, 2.05) is 13.0 Å². The third-order valence-corrected chi connectivity index (χ3v) is 4.30. The molecule has 1 heterocycles. The van der Waals surface area contributed by atoms with Crippen LogP contribution in [0.25, 0.3) is 0 Å². The first-order valence-electron chi connectivity index (χ1n) is 5.76. The van der Waals surface area contributed by atoms with Crippen molar-refractivity contribution in [2.24, 2.45) is 0 Å². The van der Waals surface area contributed by atoms with Gasteiger partial charge in [-0.3, -0.25) is 4.79 Å². The van der Waals surface area contributed by atoms with Gasteiger partial charge in [-0.05, 0) is 49.2 Å². The number of benzene rings is 1. The largest absolute Gasteiger partial charge is 0.321 e. The molecule has 2 nitrogen and oxygen atoms in total. The summed E-state index contributed by atoms with van der Waals surface area (Å²) in [6.45, 7) is 4.13. The van der Waals surface area contributed by atoms with Crippen molar-refractivity contribution in [2.75, 3.05) is 5.32 Å². The lowest BCUT2D eigenvalue weighted by molar-refractivity contribution is 0.103. The maximum atomic E-state index is 12.0. The number of halogens is 1. The molecule has 18 heavy (non-hydrogen) atoms. The van der Waals surface area contributed by atoms with Crippen LogP contribution >= 0.6 is 22.9 Å². The molecule has 0 bridgehead atoms. The molecule has 1 N–H and O–H groups in total. The Morgan fingerprint density at radius 3 is 2.56 bits per heavy atom. The lowest BCUT2D eigenvalue weighted by atomic mass is 10.2. The zero-order chi connectivity index (χ0) is 13.1. The van der Waals surface area contributed by atoms with Crippen molar-refractivity contribution in [1.29, 1.82) is 0 Å². The Labute approximate surface area is 116 Å². The van der Waals surface area contributed by atoms with Crippen molar-refractivity contribution < 1.29 is 4.79 Å². The van der Waals surface area contributed by atoms with Crippen molar-refractivity contribution in [3.8, 4) is 0 Å². The van der Waals surface area contributed by atoms with Gasteiger partial charge in [0.2, 0.25) is 0 Å². The predicted molar refractivity (Wildman–Crippen MR) is 77.8 cm³/mol. The molecular weight excluding hydrogens is 266 g/mol. The summed E-state index contributed by atoms with van der Waals surface area (Å²) in [5.41, 5.74) is 1.94. The van der Waals surface area contributed by atoms with Gasteiger partial charge < -0.3 is 5.32 Å². The van der Waals surface area contributed by atoms with Crippen molar-refractivity contribution in [1.82, 2.24) is 0 Å². The second kappa shape index (κ2) is 5.55. The van der Waals surface area contributed by atoms with E-state index < -0.39 is 0 Å². The van der Waals surface area contributed by atoms with E-state index in [-0.39, 0.29) is 5.91 Å². The molecule has 0 atom stereocenters. The maximum absolute atomic E-state index is 12.0. The van der Waals surface area contributed by atoms with Gasteiger partial charge in [-0.1, -0.05) is 18.5 Å². The smallest absolute Gasteiger partial charge is 0.265 e. The Balaban J connectivity index is 2.14. The van der Waals surface area contributed by atoms with E-state index in [4.69, 9.17) is 11.6 Å². The van der Waals surface area contributed by atoms with Gasteiger partial charge in [-0.15, -0.1) is 11.3 Å². The highest BCUT2D eigenvalue weighted by molar-refractivity contribution is 7.14. The SMILES string of the molecule is CCc1sc(C(=O)Nc2ccc(Cl)cc2)cc1C. The Morgan fingerprint density at radius 1 is 1.33 bits per heavy atom. The maximum Gasteiger partial charge on any atom is 0.265 e. The number of hydrogen-bond donors (Lipinski definition) is 1.